The molecule has 0 fully saturated rings. The van der Waals surface area contributed by atoms with Crippen LogP contribution in [0, 0.1) is 0 Å². The molecule has 35 heavy (non-hydrogen) atoms. The van der Waals surface area contributed by atoms with Crippen LogP contribution in [-0.2, 0) is 12.8 Å². The Morgan fingerprint density at radius 1 is 0.600 bits per heavy atom. The molecular weight excluding hydrogens is 428 g/mol. The summed E-state index contributed by atoms with van der Waals surface area (Å²) in [6, 6.07) is 22.5. The molecule has 0 spiro atoms. The second kappa shape index (κ2) is 6.10. The molecule has 4 nitrogen and oxygen atoms in total. The van der Waals surface area contributed by atoms with E-state index in [1.54, 1.807) is 0 Å². The number of pyridine rings is 3. The van der Waals surface area contributed by atoms with E-state index in [4.69, 9.17) is 4.98 Å². The topological polar surface area (TPSA) is 43.1 Å². The van der Waals surface area contributed by atoms with Gasteiger partial charge in [-0.1, -0.05) is 36.4 Å². The highest BCUT2D eigenvalue weighted by Gasteiger charge is 2.28. The first-order chi connectivity index (χ1) is 17.3. The Hall–Kier alpha value is -4.57. The molecule has 0 bridgehead atoms. The quantitative estimate of drug-likeness (QED) is 0.243. The van der Waals surface area contributed by atoms with E-state index in [1.165, 1.54) is 60.7 Å². The monoisotopic (exact) mass is 446 g/mol. The smallest absolute Gasteiger partial charge is 0.146 e. The maximum atomic E-state index is 5.03. The van der Waals surface area contributed by atoms with Crippen LogP contribution < -0.4 is 0 Å². The predicted octanol–water partition coefficient (Wildman–Crippen LogP) is 6.73. The number of nitrogens with zero attached hydrogens (tertiary/aromatic N) is 4. The Balaban J connectivity index is 1.38. The zero-order chi connectivity index (χ0) is 22.7. The lowest BCUT2D eigenvalue weighted by Crippen LogP contribution is -1.93. The summed E-state index contributed by atoms with van der Waals surface area (Å²) in [7, 11) is 0. The Morgan fingerprint density at radius 3 is 2.34 bits per heavy atom. The van der Waals surface area contributed by atoms with E-state index in [-0.39, 0.29) is 0 Å². The second-order valence-corrected chi connectivity index (χ2v) is 9.71. The lowest BCUT2D eigenvalue weighted by molar-refractivity contribution is 1.16. The molecule has 9 rings (SSSR count). The van der Waals surface area contributed by atoms with Gasteiger partial charge in [-0.25, -0.2) is 4.98 Å². The van der Waals surface area contributed by atoms with Gasteiger partial charge < -0.3 is 0 Å². The molecule has 0 unspecified atom stereocenters. The molecule has 4 aromatic heterocycles. The van der Waals surface area contributed by atoms with Gasteiger partial charge in [-0.2, -0.15) is 0 Å². The third-order valence-electron chi connectivity index (χ3n) is 8.04. The Morgan fingerprint density at radius 2 is 1.40 bits per heavy atom. The van der Waals surface area contributed by atoms with Crippen LogP contribution in [-0.4, -0.2) is 19.4 Å². The van der Waals surface area contributed by atoms with Crippen molar-refractivity contribution >= 4 is 38.4 Å². The van der Waals surface area contributed by atoms with Gasteiger partial charge in [-0.3, -0.25) is 14.4 Å². The van der Waals surface area contributed by atoms with Crippen molar-refractivity contribution in [3.63, 3.8) is 0 Å². The lowest BCUT2D eigenvalue weighted by atomic mass is 9.96. The van der Waals surface area contributed by atoms with Crippen LogP contribution >= 0.6 is 0 Å². The largest absolute Gasteiger partial charge is 0.290 e. The first-order valence-electron chi connectivity index (χ1n) is 12.0. The summed E-state index contributed by atoms with van der Waals surface area (Å²) >= 11 is 0. The van der Waals surface area contributed by atoms with Crippen LogP contribution in [0.5, 0.6) is 0 Å². The summed E-state index contributed by atoms with van der Waals surface area (Å²) in [5.74, 6) is 0. The second-order valence-electron chi connectivity index (χ2n) is 9.71. The Bertz CT molecular complexity index is 2070. The van der Waals surface area contributed by atoms with E-state index < -0.39 is 0 Å². The summed E-state index contributed by atoms with van der Waals surface area (Å²) in [6.45, 7) is 0. The van der Waals surface area contributed by atoms with Crippen LogP contribution in [0.4, 0.5) is 0 Å². The van der Waals surface area contributed by atoms with Gasteiger partial charge in [0.2, 0.25) is 0 Å². The van der Waals surface area contributed by atoms with Gasteiger partial charge >= 0.3 is 0 Å². The molecule has 3 aromatic carbocycles. The maximum absolute atomic E-state index is 5.03. The van der Waals surface area contributed by atoms with E-state index >= 15 is 0 Å². The minimum absolute atomic E-state index is 0.907. The van der Waals surface area contributed by atoms with Crippen molar-refractivity contribution in [2.45, 2.75) is 12.8 Å². The van der Waals surface area contributed by atoms with Crippen molar-refractivity contribution in [2.75, 3.05) is 0 Å². The van der Waals surface area contributed by atoms with Gasteiger partial charge in [0.05, 0.1) is 23.4 Å². The molecule has 2 aliphatic rings. The fourth-order valence-corrected chi connectivity index (χ4v) is 6.52. The summed E-state index contributed by atoms with van der Waals surface area (Å²) in [5, 5.41) is 3.61. The van der Waals surface area contributed by atoms with Gasteiger partial charge in [0, 0.05) is 23.2 Å². The van der Waals surface area contributed by atoms with Crippen molar-refractivity contribution in [1.82, 2.24) is 19.4 Å². The molecule has 0 saturated heterocycles. The molecule has 2 aliphatic carbocycles. The molecule has 0 saturated carbocycles. The van der Waals surface area contributed by atoms with E-state index in [9.17, 15) is 0 Å². The zero-order valence-corrected chi connectivity index (χ0v) is 18.8. The summed E-state index contributed by atoms with van der Waals surface area (Å²) in [6.07, 6.45) is 9.52. The number of imidazole rings is 1. The molecule has 4 heteroatoms. The Labute approximate surface area is 200 Å². The number of hydrogen-bond donors (Lipinski definition) is 0. The third-order valence-corrected chi connectivity index (χ3v) is 8.04. The molecule has 0 amide bonds. The molecule has 0 aliphatic heterocycles. The summed E-state index contributed by atoms with van der Waals surface area (Å²) in [4.78, 5) is 13.8. The highest BCUT2D eigenvalue weighted by molar-refractivity contribution is 6.15. The number of hydrogen-bond acceptors (Lipinski definition) is 3. The zero-order valence-electron chi connectivity index (χ0n) is 18.8. The average molecular weight is 447 g/mol. The van der Waals surface area contributed by atoms with E-state index in [0.29, 0.717) is 0 Å². The fraction of sp³-hybridized carbons (Fsp3) is 0.0645. The highest BCUT2D eigenvalue weighted by atomic mass is 15.0. The first-order valence-corrected chi connectivity index (χ1v) is 12.0. The number of rotatable bonds is 0. The lowest BCUT2D eigenvalue weighted by Gasteiger charge is -2.11. The van der Waals surface area contributed by atoms with Crippen LogP contribution in [0.15, 0.2) is 85.5 Å². The van der Waals surface area contributed by atoms with Gasteiger partial charge in [-0.05, 0) is 87.0 Å². The van der Waals surface area contributed by atoms with Crippen molar-refractivity contribution in [1.29, 1.82) is 0 Å². The minimum atomic E-state index is 0.907. The molecule has 0 N–H and O–H groups in total. The van der Waals surface area contributed by atoms with E-state index in [1.807, 2.05) is 30.9 Å². The summed E-state index contributed by atoms with van der Waals surface area (Å²) < 4.78 is 2.24. The third kappa shape index (κ3) is 2.15. The van der Waals surface area contributed by atoms with Crippen molar-refractivity contribution in [3.05, 3.63) is 108 Å². The molecule has 4 heterocycles. The van der Waals surface area contributed by atoms with Crippen LogP contribution in [0.2, 0.25) is 0 Å². The van der Waals surface area contributed by atoms with Gasteiger partial charge in [0.1, 0.15) is 11.2 Å². The normalized spacial score (nSPS) is 13.5. The highest BCUT2D eigenvalue weighted by Crippen LogP contribution is 2.48. The van der Waals surface area contributed by atoms with Gasteiger partial charge in [0.25, 0.3) is 0 Å². The van der Waals surface area contributed by atoms with Crippen LogP contribution in [0.1, 0.15) is 22.3 Å². The van der Waals surface area contributed by atoms with Crippen molar-refractivity contribution in [3.8, 4) is 22.3 Å². The SMILES string of the molecule is c1ccc2c(c1)Cc1c-2ccc2c1Cc1cc3c(cc1-2)c1ccncc1n1c2ccncc2nc31. The maximum Gasteiger partial charge on any atom is 0.146 e. The molecule has 162 valence electrons. The molecule has 0 atom stereocenters. The fourth-order valence-electron chi connectivity index (χ4n) is 6.52. The van der Waals surface area contributed by atoms with E-state index in [2.05, 4.69) is 69.0 Å². The Kier molecular flexibility index (Phi) is 3.11. The molecular formula is C31H18N4. The van der Waals surface area contributed by atoms with Crippen molar-refractivity contribution < 1.29 is 0 Å². The van der Waals surface area contributed by atoms with Gasteiger partial charge in [-0.15, -0.1) is 0 Å². The molecule has 0 radical (unpaired) electrons. The van der Waals surface area contributed by atoms with Crippen LogP contribution in [0.25, 0.3) is 60.6 Å². The van der Waals surface area contributed by atoms with E-state index in [0.717, 1.165) is 35.0 Å². The first kappa shape index (κ1) is 17.8. The summed E-state index contributed by atoms with van der Waals surface area (Å²) in [5.41, 5.74) is 15.4. The van der Waals surface area contributed by atoms with Crippen molar-refractivity contribution in [2.24, 2.45) is 0 Å². The minimum Gasteiger partial charge on any atom is -0.290 e. The van der Waals surface area contributed by atoms with Crippen LogP contribution in [0.3, 0.4) is 0 Å². The predicted molar refractivity (Wildman–Crippen MR) is 140 cm³/mol. The number of fused-ring (bicyclic) bond motifs is 15. The average Bonchev–Trinajstić information content (AvgIpc) is 3.59. The standard InChI is InChI=1S/C31H18N4/c1-2-4-19-17(3-1)11-24-20(19)5-6-21-23-14-26-22-7-9-33-16-30(22)35-29-8-10-32-15-28(29)34-31(35)27(26)13-18(23)12-25(21)24/h1-10,13-16H,11-12H2. The molecule has 7 aromatic rings. The number of benzene rings is 3. The number of aromatic nitrogens is 4. The van der Waals surface area contributed by atoms with Gasteiger partial charge in [0.15, 0.2) is 0 Å².